The molecular weight excluding hydrogens is 326 g/mol. The zero-order chi connectivity index (χ0) is 17.1. The highest BCUT2D eigenvalue weighted by molar-refractivity contribution is 7.09. The van der Waals surface area contributed by atoms with Gasteiger partial charge in [0.05, 0.1) is 11.2 Å². The van der Waals surface area contributed by atoms with Gasteiger partial charge in [0.2, 0.25) is 0 Å². The maximum Gasteiger partial charge on any atom is 0.417 e. The van der Waals surface area contributed by atoms with Crippen molar-refractivity contribution in [1.82, 2.24) is 14.9 Å². The zero-order valence-electron chi connectivity index (χ0n) is 13.8. The minimum Gasteiger partial charge on any atom is -0.408 e. The summed E-state index contributed by atoms with van der Waals surface area (Å²) in [6.07, 6.45) is 2.16. The van der Waals surface area contributed by atoms with Crippen molar-refractivity contribution in [2.75, 3.05) is 13.1 Å². The van der Waals surface area contributed by atoms with Gasteiger partial charge in [0.15, 0.2) is 5.58 Å². The number of hydrogen-bond acceptors (Lipinski definition) is 5. The van der Waals surface area contributed by atoms with Crippen LogP contribution in [0.25, 0.3) is 22.4 Å². The van der Waals surface area contributed by atoms with E-state index in [1.165, 1.54) is 11.3 Å². The highest BCUT2D eigenvalue weighted by atomic mass is 32.1. The molecule has 0 spiro atoms. The monoisotopic (exact) mass is 347 g/mol. The van der Waals surface area contributed by atoms with Crippen LogP contribution in [-0.4, -0.2) is 28.0 Å². The Balaban J connectivity index is 1.97. The Labute approximate surface area is 143 Å². The average molecular weight is 347 g/mol. The van der Waals surface area contributed by atoms with E-state index in [4.69, 9.17) is 4.42 Å². The fraction of sp³-hybridized carbons (Fsp3) is 0.412. The van der Waals surface area contributed by atoms with Gasteiger partial charge in [-0.1, -0.05) is 31.3 Å². The number of rotatable bonds is 7. The highest BCUT2D eigenvalue weighted by Crippen LogP contribution is 2.27. The Morgan fingerprint density at radius 3 is 2.58 bits per heavy atom. The molecule has 24 heavy (non-hydrogen) atoms. The van der Waals surface area contributed by atoms with Crippen molar-refractivity contribution in [3.05, 3.63) is 43.3 Å². The number of aromatic nitrogens is 2. The van der Waals surface area contributed by atoms with Crippen LogP contribution in [-0.2, 0) is 6.54 Å². The van der Waals surface area contributed by atoms with Crippen molar-refractivity contribution >= 4 is 22.4 Å². The minimum atomic E-state index is -0.474. The summed E-state index contributed by atoms with van der Waals surface area (Å²) in [6.45, 7) is 7.07. The van der Waals surface area contributed by atoms with Crippen molar-refractivity contribution < 1.29 is 4.42 Å². The second-order valence-corrected chi connectivity index (χ2v) is 6.88. The van der Waals surface area contributed by atoms with E-state index >= 15 is 0 Å². The second-order valence-electron chi connectivity index (χ2n) is 5.81. The van der Waals surface area contributed by atoms with E-state index in [-0.39, 0.29) is 4.87 Å². The molecule has 2 N–H and O–H groups in total. The van der Waals surface area contributed by atoms with E-state index in [0.717, 1.165) is 48.6 Å². The van der Waals surface area contributed by atoms with Gasteiger partial charge in [0.25, 0.3) is 0 Å². The number of nitrogens with one attached hydrogen (secondary N) is 2. The first-order valence-corrected chi connectivity index (χ1v) is 9.00. The summed E-state index contributed by atoms with van der Waals surface area (Å²) < 4.78 is 5.12. The fourth-order valence-corrected chi connectivity index (χ4v) is 3.81. The van der Waals surface area contributed by atoms with E-state index in [1.54, 1.807) is 12.1 Å². The zero-order valence-corrected chi connectivity index (χ0v) is 14.7. The van der Waals surface area contributed by atoms with Crippen molar-refractivity contribution in [3.8, 4) is 11.3 Å². The van der Waals surface area contributed by atoms with Crippen LogP contribution in [0.5, 0.6) is 0 Å². The molecule has 0 saturated carbocycles. The number of H-pyrrole nitrogens is 2. The number of hydrogen-bond donors (Lipinski definition) is 2. The number of aromatic amines is 2. The second kappa shape index (κ2) is 7.19. The van der Waals surface area contributed by atoms with Crippen LogP contribution in [0.4, 0.5) is 0 Å². The number of oxazole rings is 1. The van der Waals surface area contributed by atoms with E-state index < -0.39 is 5.76 Å². The molecule has 0 radical (unpaired) electrons. The molecule has 0 aliphatic heterocycles. The first-order chi connectivity index (χ1) is 11.6. The Bertz CT molecular complexity index is 928. The van der Waals surface area contributed by atoms with Crippen LogP contribution in [0.3, 0.4) is 0 Å². The van der Waals surface area contributed by atoms with Crippen LogP contribution in [0.2, 0.25) is 0 Å². The van der Waals surface area contributed by atoms with Gasteiger partial charge in [-0.15, -0.1) is 0 Å². The molecule has 2 heterocycles. The first-order valence-electron chi connectivity index (χ1n) is 8.18. The predicted octanol–water partition coefficient (Wildman–Crippen LogP) is 3.16. The van der Waals surface area contributed by atoms with Crippen LogP contribution < -0.4 is 10.6 Å². The normalized spacial score (nSPS) is 11.6. The van der Waals surface area contributed by atoms with Crippen LogP contribution in [0.15, 0.2) is 32.2 Å². The lowest BCUT2D eigenvalue weighted by atomic mass is 10.1. The van der Waals surface area contributed by atoms with Crippen molar-refractivity contribution in [2.24, 2.45) is 0 Å². The predicted molar refractivity (Wildman–Crippen MR) is 96.6 cm³/mol. The summed E-state index contributed by atoms with van der Waals surface area (Å²) in [4.78, 5) is 32.1. The maximum absolute atomic E-state index is 11.9. The maximum atomic E-state index is 11.9. The lowest BCUT2D eigenvalue weighted by Crippen LogP contribution is -2.24. The Morgan fingerprint density at radius 2 is 1.88 bits per heavy atom. The summed E-state index contributed by atoms with van der Waals surface area (Å²) in [5.74, 6) is -0.474. The third-order valence-electron chi connectivity index (χ3n) is 3.88. The van der Waals surface area contributed by atoms with Gasteiger partial charge in [-0.05, 0) is 38.1 Å². The molecule has 3 aromatic rings. The van der Waals surface area contributed by atoms with Gasteiger partial charge >= 0.3 is 10.6 Å². The Kier molecular flexibility index (Phi) is 5.01. The summed E-state index contributed by atoms with van der Waals surface area (Å²) in [5, 5.41) is 0. The largest absolute Gasteiger partial charge is 0.417 e. The molecule has 0 bridgehead atoms. The summed E-state index contributed by atoms with van der Waals surface area (Å²) >= 11 is 1.25. The molecule has 0 amide bonds. The molecule has 0 aliphatic rings. The van der Waals surface area contributed by atoms with Gasteiger partial charge in [0, 0.05) is 17.0 Å². The summed E-state index contributed by atoms with van der Waals surface area (Å²) in [6, 6.07) is 5.48. The Morgan fingerprint density at radius 1 is 1.12 bits per heavy atom. The molecule has 3 rings (SSSR count). The molecule has 128 valence electrons. The van der Waals surface area contributed by atoms with Crippen molar-refractivity contribution in [2.45, 2.75) is 33.2 Å². The van der Waals surface area contributed by atoms with Gasteiger partial charge in [-0.2, -0.15) is 0 Å². The lowest BCUT2D eigenvalue weighted by Gasteiger charge is -2.20. The van der Waals surface area contributed by atoms with Crippen molar-refractivity contribution in [3.63, 3.8) is 0 Å². The van der Waals surface area contributed by atoms with Gasteiger partial charge in [-0.3, -0.25) is 14.7 Å². The average Bonchev–Trinajstić information content (AvgIpc) is 3.08. The van der Waals surface area contributed by atoms with Crippen molar-refractivity contribution in [1.29, 1.82) is 0 Å². The van der Waals surface area contributed by atoms with E-state index in [9.17, 15) is 9.59 Å². The molecule has 6 nitrogen and oxygen atoms in total. The topological polar surface area (TPSA) is 82.1 Å². The molecule has 0 atom stereocenters. The number of nitrogens with zero attached hydrogens (tertiary/aromatic N) is 1. The molecule has 7 heteroatoms. The third-order valence-corrected chi connectivity index (χ3v) is 4.75. The molecule has 2 aromatic heterocycles. The fourth-order valence-electron chi connectivity index (χ4n) is 2.91. The van der Waals surface area contributed by atoms with Gasteiger partial charge in [0.1, 0.15) is 0 Å². The Hall–Kier alpha value is -2.12. The van der Waals surface area contributed by atoms with E-state index in [2.05, 4.69) is 28.7 Å². The number of benzene rings is 1. The molecule has 0 aliphatic carbocycles. The molecule has 0 unspecified atom stereocenters. The van der Waals surface area contributed by atoms with Crippen LogP contribution in [0, 0.1) is 0 Å². The summed E-state index contributed by atoms with van der Waals surface area (Å²) in [5.41, 5.74) is 2.82. The highest BCUT2D eigenvalue weighted by Gasteiger charge is 2.15. The molecular formula is C17H21N3O3S. The first kappa shape index (κ1) is 16.7. The number of fused-ring (bicyclic) bond motifs is 1. The third kappa shape index (κ3) is 3.52. The quantitative estimate of drug-likeness (QED) is 0.688. The van der Waals surface area contributed by atoms with Gasteiger partial charge < -0.3 is 9.40 Å². The van der Waals surface area contributed by atoms with Crippen LogP contribution >= 0.6 is 11.3 Å². The van der Waals surface area contributed by atoms with E-state index in [0.29, 0.717) is 11.1 Å². The van der Waals surface area contributed by atoms with Gasteiger partial charge in [-0.25, -0.2) is 4.79 Å². The standard InChI is InChI=1S/C17H21N3O3S/c1-3-7-20(8-4-2)10-14-15(19-17(22)24-14)11-5-6-12-13(9-11)23-16(21)18-12/h5-6,9H,3-4,7-8,10H2,1-2H3,(H,18,21)(H,19,22). The van der Waals surface area contributed by atoms with Crippen LogP contribution in [0.1, 0.15) is 31.6 Å². The smallest absolute Gasteiger partial charge is 0.408 e. The molecule has 0 saturated heterocycles. The molecule has 1 aromatic carbocycles. The SMILES string of the molecule is CCCN(CCC)Cc1sc(=O)[nH]c1-c1ccc2[nH]c(=O)oc2c1. The minimum absolute atomic E-state index is 0.0661. The summed E-state index contributed by atoms with van der Waals surface area (Å²) in [7, 11) is 0. The molecule has 0 fully saturated rings. The lowest BCUT2D eigenvalue weighted by molar-refractivity contribution is 0.269. The number of thiazole rings is 1. The van der Waals surface area contributed by atoms with E-state index in [1.807, 2.05) is 6.07 Å².